The Morgan fingerprint density at radius 3 is 1.97 bits per heavy atom. The molecule has 1 fully saturated rings. The van der Waals surface area contributed by atoms with Crippen molar-refractivity contribution in [3.05, 3.63) is 102 Å². The predicted molar refractivity (Wildman–Crippen MR) is 128 cm³/mol. The van der Waals surface area contributed by atoms with E-state index in [1.165, 1.54) is 10.4 Å². The topological polar surface area (TPSA) is 75.7 Å². The molecule has 0 saturated carbocycles. The van der Waals surface area contributed by atoms with E-state index in [1.807, 2.05) is 60.7 Å². The first-order valence-electron chi connectivity index (χ1n) is 11.0. The number of rotatable bonds is 7. The Labute approximate surface area is 195 Å². The fourth-order valence-electron chi connectivity index (χ4n) is 4.14. The van der Waals surface area contributed by atoms with Crippen LogP contribution in [0.2, 0.25) is 0 Å². The van der Waals surface area contributed by atoms with Gasteiger partial charge in [0, 0.05) is 25.0 Å². The number of morpholine rings is 1. The molecule has 0 bridgehead atoms. The van der Waals surface area contributed by atoms with Crippen molar-refractivity contribution >= 4 is 15.9 Å². The number of carbonyl (C=O) groups excluding carboxylic acids is 1. The molecule has 1 aliphatic rings. The number of carbonyl (C=O) groups is 1. The van der Waals surface area contributed by atoms with Crippen LogP contribution in [0.3, 0.4) is 0 Å². The van der Waals surface area contributed by atoms with E-state index >= 15 is 0 Å². The van der Waals surface area contributed by atoms with Gasteiger partial charge < -0.3 is 10.1 Å². The molecule has 0 aliphatic carbocycles. The molecule has 172 valence electrons. The van der Waals surface area contributed by atoms with E-state index in [9.17, 15) is 13.2 Å². The summed E-state index contributed by atoms with van der Waals surface area (Å²) in [4.78, 5) is 13.3. The minimum absolute atomic E-state index is 0.0190. The summed E-state index contributed by atoms with van der Waals surface area (Å²) in [5, 5.41) is 3.01. The van der Waals surface area contributed by atoms with Gasteiger partial charge in [-0.2, -0.15) is 4.31 Å². The number of nitrogens with one attached hydrogen (secondary N) is 1. The predicted octanol–water partition coefficient (Wildman–Crippen LogP) is 3.44. The Balaban J connectivity index is 1.62. The van der Waals surface area contributed by atoms with Crippen LogP contribution in [0.1, 0.15) is 28.4 Å². The van der Waals surface area contributed by atoms with Gasteiger partial charge in [-0.3, -0.25) is 4.79 Å². The summed E-state index contributed by atoms with van der Waals surface area (Å²) in [7, 11) is -3.80. The van der Waals surface area contributed by atoms with E-state index in [-0.39, 0.29) is 23.5 Å². The molecule has 1 amide bonds. The molecule has 0 atom stereocenters. The number of hydrogen-bond acceptors (Lipinski definition) is 4. The molecule has 6 nitrogen and oxygen atoms in total. The summed E-state index contributed by atoms with van der Waals surface area (Å²) < 4.78 is 33.2. The second-order valence-corrected chi connectivity index (χ2v) is 10.2. The van der Waals surface area contributed by atoms with Gasteiger partial charge in [-0.25, -0.2) is 8.42 Å². The molecule has 1 saturated heterocycles. The second kappa shape index (κ2) is 9.87. The first kappa shape index (κ1) is 23.2. The number of hydrogen-bond donors (Lipinski definition) is 1. The quantitative estimate of drug-likeness (QED) is 0.581. The zero-order chi connectivity index (χ0) is 23.3. The summed E-state index contributed by atoms with van der Waals surface area (Å²) in [5.74, 6) is -0.416. The summed E-state index contributed by atoms with van der Waals surface area (Å²) in [6.07, 6.45) is 0. The monoisotopic (exact) mass is 464 g/mol. The third kappa shape index (κ3) is 4.85. The fourth-order valence-corrected chi connectivity index (χ4v) is 5.74. The molecule has 1 N–H and O–H groups in total. The highest BCUT2D eigenvalue weighted by Gasteiger charge is 2.32. The molecule has 3 aromatic carbocycles. The highest BCUT2D eigenvalue weighted by molar-refractivity contribution is 7.89. The number of nitrogens with zero attached hydrogens (tertiary/aromatic N) is 1. The Morgan fingerprint density at radius 2 is 1.39 bits per heavy atom. The highest BCUT2D eigenvalue weighted by Crippen LogP contribution is 2.31. The van der Waals surface area contributed by atoms with Crippen LogP contribution < -0.4 is 5.32 Å². The lowest BCUT2D eigenvalue weighted by Gasteiger charge is -2.31. The van der Waals surface area contributed by atoms with Crippen molar-refractivity contribution < 1.29 is 17.9 Å². The Bertz CT molecular complexity index is 1150. The average molecular weight is 465 g/mol. The molecule has 33 heavy (non-hydrogen) atoms. The second-order valence-electron chi connectivity index (χ2n) is 8.26. The van der Waals surface area contributed by atoms with Crippen molar-refractivity contribution in [3.63, 3.8) is 0 Å². The summed E-state index contributed by atoms with van der Waals surface area (Å²) >= 11 is 0. The van der Waals surface area contributed by atoms with Gasteiger partial charge in [-0.15, -0.1) is 0 Å². The van der Waals surface area contributed by atoms with Crippen LogP contribution in [-0.4, -0.2) is 51.5 Å². The van der Waals surface area contributed by atoms with Crippen molar-refractivity contribution in [1.29, 1.82) is 0 Å². The summed E-state index contributed by atoms with van der Waals surface area (Å²) in [6.45, 7) is 3.64. The third-order valence-electron chi connectivity index (χ3n) is 6.14. The van der Waals surface area contributed by atoms with E-state index < -0.39 is 21.3 Å². The van der Waals surface area contributed by atoms with Crippen LogP contribution in [0.4, 0.5) is 0 Å². The van der Waals surface area contributed by atoms with Crippen LogP contribution >= 0.6 is 0 Å². The molecule has 1 heterocycles. The number of benzene rings is 3. The maximum Gasteiger partial charge on any atom is 0.252 e. The first-order chi connectivity index (χ1) is 15.9. The maximum absolute atomic E-state index is 13.3. The number of ether oxygens (including phenoxy) is 1. The van der Waals surface area contributed by atoms with Gasteiger partial charge in [-0.1, -0.05) is 72.8 Å². The van der Waals surface area contributed by atoms with Gasteiger partial charge in [0.15, 0.2) is 0 Å². The number of sulfonamides is 1. The van der Waals surface area contributed by atoms with Gasteiger partial charge in [-0.05, 0) is 30.2 Å². The smallest absolute Gasteiger partial charge is 0.252 e. The lowest BCUT2D eigenvalue weighted by molar-refractivity contribution is 0.0729. The minimum Gasteiger partial charge on any atom is -0.379 e. The normalized spacial score (nSPS) is 15.2. The Hall–Kier alpha value is -3.00. The van der Waals surface area contributed by atoms with Crippen molar-refractivity contribution in [2.75, 3.05) is 32.8 Å². The zero-order valence-corrected chi connectivity index (χ0v) is 19.4. The van der Waals surface area contributed by atoms with Crippen LogP contribution in [0.15, 0.2) is 89.8 Å². The van der Waals surface area contributed by atoms with E-state index in [0.717, 1.165) is 11.1 Å². The Morgan fingerprint density at radius 1 is 0.879 bits per heavy atom. The average Bonchev–Trinajstić information content (AvgIpc) is 2.88. The summed E-state index contributed by atoms with van der Waals surface area (Å²) in [6, 6.07) is 26.3. The zero-order valence-electron chi connectivity index (χ0n) is 18.6. The molecule has 0 radical (unpaired) electrons. The van der Waals surface area contributed by atoms with Crippen LogP contribution in [-0.2, 0) is 20.2 Å². The van der Waals surface area contributed by atoms with Crippen molar-refractivity contribution in [2.45, 2.75) is 17.2 Å². The molecular formula is C26H28N2O4S. The molecule has 3 aromatic rings. The molecule has 7 heteroatoms. The van der Waals surface area contributed by atoms with E-state index in [2.05, 4.69) is 12.2 Å². The molecule has 0 aromatic heterocycles. The largest absolute Gasteiger partial charge is 0.379 e. The van der Waals surface area contributed by atoms with Gasteiger partial charge >= 0.3 is 0 Å². The number of amides is 1. The van der Waals surface area contributed by atoms with E-state index in [0.29, 0.717) is 19.8 Å². The van der Waals surface area contributed by atoms with Crippen LogP contribution in [0, 0.1) is 0 Å². The minimum atomic E-state index is -3.80. The molecule has 0 unspecified atom stereocenters. The Kier molecular flexibility index (Phi) is 6.93. The summed E-state index contributed by atoms with van der Waals surface area (Å²) in [5.41, 5.74) is 1.78. The lowest BCUT2D eigenvalue weighted by atomic mass is 9.76. The molecule has 0 spiro atoms. The van der Waals surface area contributed by atoms with Gasteiger partial charge in [0.2, 0.25) is 10.0 Å². The van der Waals surface area contributed by atoms with E-state index in [4.69, 9.17) is 4.74 Å². The lowest BCUT2D eigenvalue weighted by Crippen LogP contribution is -2.42. The van der Waals surface area contributed by atoms with Gasteiger partial charge in [0.05, 0.1) is 23.7 Å². The van der Waals surface area contributed by atoms with Gasteiger partial charge in [0.1, 0.15) is 0 Å². The van der Waals surface area contributed by atoms with Crippen molar-refractivity contribution in [2.24, 2.45) is 0 Å². The molecular weight excluding hydrogens is 436 g/mol. The maximum atomic E-state index is 13.3. The highest BCUT2D eigenvalue weighted by atomic mass is 32.2. The fraction of sp³-hybridized carbons (Fsp3) is 0.269. The van der Waals surface area contributed by atoms with Crippen LogP contribution in [0.25, 0.3) is 0 Å². The van der Waals surface area contributed by atoms with E-state index in [1.54, 1.807) is 18.2 Å². The van der Waals surface area contributed by atoms with Crippen molar-refractivity contribution in [3.8, 4) is 0 Å². The third-order valence-corrected chi connectivity index (χ3v) is 8.10. The van der Waals surface area contributed by atoms with Gasteiger partial charge in [0.25, 0.3) is 5.91 Å². The van der Waals surface area contributed by atoms with Crippen molar-refractivity contribution in [1.82, 2.24) is 9.62 Å². The SMILES string of the molecule is CC(CNC(=O)c1ccccc1S(=O)(=O)N1CCOCC1)(c1ccccc1)c1ccccc1. The van der Waals surface area contributed by atoms with Crippen LogP contribution in [0.5, 0.6) is 0 Å². The molecule has 4 rings (SSSR count). The first-order valence-corrected chi connectivity index (χ1v) is 12.4. The molecule has 1 aliphatic heterocycles. The standard InChI is InChI=1S/C26H28N2O4S/c1-26(21-10-4-2-5-11-21,22-12-6-3-7-13-22)20-27-25(29)23-14-8-9-15-24(23)33(30,31)28-16-18-32-19-17-28/h2-15H,16-20H2,1H3,(H,27,29).